The van der Waals surface area contributed by atoms with Gasteiger partial charge in [-0.05, 0) is 33.2 Å². The Morgan fingerprint density at radius 1 is 1.21 bits per heavy atom. The third-order valence-electron chi connectivity index (χ3n) is 3.60. The minimum Gasteiger partial charge on any atom is -0.458 e. The van der Waals surface area contributed by atoms with Gasteiger partial charge in [-0.3, -0.25) is 9.59 Å². The molecular weight excluding hydrogens is 310 g/mol. The summed E-state index contributed by atoms with van der Waals surface area (Å²) >= 11 is 0. The molecule has 1 unspecified atom stereocenters. The maximum absolute atomic E-state index is 11.8. The van der Waals surface area contributed by atoms with Crippen LogP contribution in [0.15, 0.2) is 34.7 Å². The van der Waals surface area contributed by atoms with Gasteiger partial charge in [0.15, 0.2) is 0 Å². The van der Waals surface area contributed by atoms with Gasteiger partial charge in [0.2, 0.25) is 0 Å². The zero-order chi connectivity index (χ0) is 17.7. The molecule has 0 saturated heterocycles. The first kappa shape index (κ1) is 18.0. The van der Waals surface area contributed by atoms with Crippen molar-refractivity contribution in [2.24, 2.45) is 0 Å². The number of rotatable bonds is 6. The number of amides is 2. The van der Waals surface area contributed by atoms with Crippen LogP contribution in [0.4, 0.5) is 0 Å². The van der Waals surface area contributed by atoms with Crippen molar-refractivity contribution in [1.82, 2.24) is 15.5 Å². The molecular formula is C17H23N3O4. The fraction of sp³-hybridized carbons (Fsp3) is 0.412. The highest BCUT2D eigenvalue weighted by atomic mass is 16.4. The van der Waals surface area contributed by atoms with Gasteiger partial charge < -0.3 is 25.1 Å². The maximum Gasteiger partial charge on any atom is 0.309 e. The predicted octanol–water partition coefficient (Wildman–Crippen LogP) is 0.434. The summed E-state index contributed by atoms with van der Waals surface area (Å²) < 4.78 is 5.61. The summed E-state index contributed by atoms with van der Waals surface area (Å²) in [6, 6.07) is 9.10. The van der Waals surface area contributed by atoms with Crippen LogP contribution in [0, 0.1) is 0 Å². The van der Waals surface area contributed by atoms with Gasteiger partial charge in [-0.2, -0.15) is 0 Å². The monoisotopic (exact) mass is 333 g/mol. The molecule has 0 aliphatic heterocycles. The van der Waals surface area contributed by atoms with Crippen LogP contribution in [-0.4, -0.2) is 55.6 Å². The van der Waals surface area contributed by atoms with Gasteiger partial charge in [0.25, 0.3) is 0 Å². The molecule has 0 fully saturated rings. The molecule has 1 aromatic carbocycles. The highest BCUT2D eigenvalue weighted by molar-refractivity contribution is 6.35. The van der Waals surface area contributed by atoms with Crippen molar-refractivity contribution >= 4 is 22.8 Å². The topological polar surface area (TPSA) is 94.8 Å². The van der Waals surface area contributed by atoms with E-state index in [0.717, 1.165) is 5.39 Å². The van der Waals surface area contributed by atoms with Crippen molar-refractivity contribution in [3.63, 3.8) is 0 Å². The second-order valence-corrected chi connectivity index (χ2v) is 6.16. The lowest BCUT2D eigenvalue weighted by Gasteiger charge is -2.21. The molecule has 0 aliphatic rings. The number of hydrogen-bond acceptors (Lipinski definition) is 5. The highest BCUT2D eigenvalue weighted by Crippen LogP contribution is 2.27. The molecule has 2 aromatic rings. The molecule has 2 rings (SSSR count). The number of hydrogen-bond donors (Lipinski definition) is 3. The van der Waals surface area contributed by atoms with E-state index in [1.54, 1.807) is 12.1 Å². The Morgan fingerprint density at radius 2 is 1.88 bits per heavy atom. The van der Waals surface area contributed by atoms with Crippen molar-refractivity contribution in [2.45, 2.75) is 12.5 Å². The molecule has 7 nitrogen and oxygen atoms in total. The van der Waals surface area contributed by atoms with Crippen LogP contribution in [0.1, 0.15) is 12.7 Å². The lowest BCUT2D eigenvalue weighted by Crippen LogP contribution is -2.46. The third kappa shape index (κ3) is 4.56. The van der Waals surface area contributed by atoms with E-state index in [1.807, 2.05) is 37.2 Å². The van der Waals surface area contributed by atoms with Gasteiger partial charge in [0, 0.05) is 18.5 Å². The molecule has 3 N–H and O–H groups in total. The smallest absolute Gasteiger partial charge is 0.309 e. The normalized spacial score (nSPS) is 13.7. The quantitative estimate of drug-likeness (QED) is 0.667. The molecule has 0 bridgehead atoms. The SMILES string of the molecule is CN(C)CCNC(=O)C(=O)NCC(C)(O)c1cc2ccccc2o1. The van der Waals surface area contributed by atoms with Crippen LogP contribution in [0.25, 0.3) is 11.0 Å². The molecule has 0 radical (unpaired) electrons. The molecule has 0 spiro atoms. The molecule has 2 amide bonds. The summed E-state index contributed by atoms with van der Waals surface area (Å²) in [5.74, 6) is -1.18. The second kappa shape index (κ2) is 7.46. The molecule has 7 heteroatoms. The van der Waals surface area contributed by atoms with E-state index in [9.17, 15) is 14.7 Å². The summed E-state index contributed by atoms with van der Waals surface area (Å²) in [6.45, 7) is 2.40. The van der Waals surface area contributed by atoms with Crippen molar-refractivity contribution in [3.8, 4) is 0 Å². The molecule has 1 aromatic heterocycles. The molecule has 0 saturated carbocycles. The predicted molar refractivity (Wildman–Crippen MR) is 90.4 cm³/mol. The van der Waals surface area contributed by atoms with Gasteiger partial charge >= 0.3 is 11.8 Å². The lowest BCUT2D eigenvalue weighted by atomic mass is 10.0. The van der Waals surface area contributed by atoms with E-state index >= 15 is 0 Å². The molecule has 24 heavy (non-hydrogen) atoms. The summed E-state index contributed by atoms with van der Waals surface area (Å²) in [7, 11) is 3.74. The first-order valence-electron chi connectivity index (χ1n) is 7.72. The Kier molecular flexibility index (Phi) is 5.58. The molecule has 130 valence electrons. The van der Waals surface area contributed by atoms with Crippen LogP contribution in [-0.2, 0) is 15.2 Å². The summed E-state index contributed by atoms with van der Waals surface area (Å²) in [6.07, 6.45) is 0. The van der Waals surface area contributed by atoms with E-state index in [0.29, 0.717) is 24.4 Å². The van der Waals surface area contributed by atoms with E-state index in [-0.39, 0.29) is 6.54 Å². The zero-order valence-corrected chi connectivity index (χ0v) is 14.1. The van der Waals surface area contributed by atoms with Gasteiger partial charge in [0.1, 0.15) is 16.9 Å². The number of likely N-dealkylation sites (N-methyl/N-ethyl adjacent to an activating group) is 1. The van der Waals surface area contributed by atoms with Crippen molar-refractivity contribution < 1.29 is 19.1 Å². The minimum absolute atomic E-state index is 0.132. The largest absolute Gasteiger partial charge is 0.458 e. The first-order chi connectivity index (χ1) is 11.3. The van der Waals surface area contributed by atoms with Gasteiger partial charge in [-0.15, -0.1) is 0 Å². The minimum atomic E-state index is -1.42. The second-order valence-electron chi connectivity index (χ2n) is 6.16. The number of nitrogens with one attached hydrogen (secondary N) is 2. The molecule has 1 heterocycles. The Bertz CT molecular complexity index is 688. The van der Waals surface area contributed by atoms with Crippen LogP contribution >= 0.6 is 0 Å². The Balaban J connectivity index is 1.91. The van der Waals surface area contributed by atoms with Gasteiger partial charge in [-0.1, -0.05) is 18.2 Å². The summed E-state index contributed by atoms with van der Waals surface area (Å²) in [4.78, 5) is 25.4. The number of furan rings is 1. The lowest BCUT2D eigenvalue weighted by molar-refractivity contribution is -0.139. The zero-order valence-electron chi connectivity index (χ0n) is 14.1. The van der Waals surface area contributed by atoms with E-state index < -0.39 is 17.4 Å². The van der Waals surface area contributed by atoms with Gasteiger partial charge in [-0.25, -0.2) is 0 Å². The van der Waals surface area contributed by atoms with Gasteiger partial charge in [0.05, 0.1) is 6.54 Å². The molecule has 0 aliphatic carbocycles. The van der Waals surface area contributed by atoms with Crippen LogP contribution in [0.3, 0.4) is 0 Å². The number of nitrogens with zero attached hydrogens (tertiary/aromatic N) is 1. The number of para-hydroxylation sites is 1. The van der Waals surface area contributed by atoms with E-state index in [4.69, 9.17) is 4.42 Å². The van der Waals surface area contributed by atoms with Crippen LogP contribution < -0.4 is 10.6 Å². The van der Waals surface area contributed by atoms with Crippen molar-refractivity contribution in [3.05, 3.63) is 36.1 Å². The number of carbonyl (C=O) groups excluding carboxylic acids is 2. The average molecular weight is 333 g/mol. The van der Waals surface area contributed by atoms with E-state index in [1.165, 1.54) is 6.92 Å². The molecule has 1 atom stereocenters. The van der Waals surface area contributed by atoms with Crippen LogP contribution in [0.5, 0.6) is 0 Å². The standard InChI is InChI=1S/C17H23N3O4/c1-17(23,14-10-12-6-4-5-7-13(12)24-14)11-19-16(22)15(21)18-8-9-20(2)3/h4-7,10,23H,8-9,11H2,1-3H3,(H,18,21)(H,19,22). The van der Waals surface area contributed by atoms with Crippen LogP contribution in [0.2, 0.25) is 0 Å². The maximum atomic E-state index is 11.8. The number of benzene rings is 1. The van der Waals surface area contributed by atoms with E-state index in [2.05, 4.69) is 10.6 Å². The van der Waals surface area contributed by atoms with Crippen molar-refractivity contribution in [2.75, 3.05) is 33.7 Å². The summed E-state index contributed by atoms with van der Waals surface area (Å²) in [5, 5.41) is 16.3. The highest BCUT2D eigenvalue weighted by Gasteiger charge is 2.29. The first-order valence-corrected chi connectivity index (χ1v) is 7.72. The average Bonchev–Trinajstić information content (AvgIpc) is 2.97. The summed E-state index contributed by atoms with van der Waals surface area (Å²) in [5.41, 5.74) is -0.765. The fourth-order valence-electron chi connectivity index (χ4n) is 2.14. The Labute approximate surface area is 140 Å². The van der Waals surface area contributed by atoms with Crippen molar-refractivity contribution in [1.29, 1.82) is 0 Å². The Hall–Kier alpha value is -2.38. The number of carbonyl (C=O) groups is 2. The Morgan fingerprint density at radius 3 is 2.54 bits per heavy atom. The third-order valence-corrected chi connectivity index (χ3v) is 3.60. The number of aliphatic hydroxyl groups is 1. The fourth-order valence-corrected chi connectivity index (χ4v) is 2.14. The number of fused-ring (bicyclic) bond motifs is 1.